The van der Waals surface area contributed by atoms with E-state index in [1.165, 1.54) is 7.11 Å². The molecule has 0 aliphatic carbocycles. The van der Waals surface area contributed by atoms with Crippen molar-refractivity contribution in [1.29, 1.82) is 0 Å². The van der Waals surface area contributed by atoms with Gasteiger partial charge in [-0.1, -0.05) is 0 Å². The Morgan fingerprint density at radius 2 is 2.18 bits per heavy atom. The van der Waals surface area contributed by atoms with Crippen molar-refractivity contribution in [2.45, 2.75) is 0 Å². The molecule has 92 valence electrons. The van der Waals surface area contributed by atoms with E-state index in [2.05, 4.69) is 9.47 Å². The third-order valence-electron chi connectivity index (χ3n) is 1.78. The van der Waals surface area contributed by atoms with E-state index in [1.807, 2.05) is 0 Å². The summed E-state index contributed by atoms with van der Waals surface area (Å²) >= 11 is 0. The first-order valence-corrected chi connectivity index (χ1v) is 4.32. The number of methoxy groups -OCH3 is 1. The molecule has 17 heavy (non-hydrogen) atoms. The maximum Gasteiger partial charge on any atom is 0.341 e. The maximum atomic E-state index is 13.3. The van der Waals surface area contributed by atoms with E-state index in [0.29, 0.717) is 6.07 Å². The predicted octanol–water partition coefficient (Wildman–Crippen LogP) is 1.21. The summed E-state index contributed by atoms with van der Waals surface area (Å²) in [5.74, 6) is -2.95. The maximum absolute atomic E-state index is 13.3. The van der Waals surface area contributed by atoms with Gasteiger partial charge in [0.05, 0.1) is 18.1 Å². The van der Waals surface area contributed by atoms with Gasteiger partial charge in [0, 0.05) is 6.07 Å². The first-order valence-electron chi connectivity index (χ1n) is 4.32. The number of carboxylic acids is 1. The molecule has 0 bridgehead atoms. The van der Waals surface area contributed by atoms with Gasteiger partial charge in [-0.15, -0.1) is 0 Å². The van der Waals surface area contributed by atoms with Crippen LogP contribution in [0.15, 0.2) is 12.1 Å². The Morgan fingerprint density at radius 3 is 2.65 bits per heavy atom. The van der Waals surface area contributed by atoms with Crippen LogP contribution < -0.4 is 9.47 Å². The summed E-state index contributed by atoms with van der Waals surface area (Å²) in [6, 6.07) is 1.53. The quantitative estimate of drug-likeness (QED) is 0.618. The van der Waals surface area contributed by atoms with E-state index in [9.17, 15) is 19.3 Å². The summed E-state index contributed by atoms with van der Waals surface area (Å²) < 4.78 is 22.6. The third kappa shape index (κ3) is 3.03. The Balaban J connectivity index is 3.08. The normalized spacial score (nSPS) is 9.76. The second kappa shape index (κ2) is 5.10. The molecule has 0 saturated carbocycles. The number of nitrogens with zero attached hydrogens (tertiary/aromatic N) is 1. The lowest BCUT2D eigenvalue weighted by molar-refractivity contribution is -0.386. The molecule has 0 atom stereocenters. The standard InChI is InChI=1S/C9H8FNO6/c1-16-8-3-7(17-4-9(12)13)5(10)2-6(8)11(14)15/h2-3H,4H2,1H3,(H,12,13). The number of halogens is 1. The van der Waals surface area contributed by atoms with Crippen molar-refractivity contribution < 1.29 is 28.7 Å². The summed E-state index contributed by atoms with van der Waals surface area (Å²) in [5.41, 5.74) is -0.562. The SMILES string of the molecule is COc1cc(OCC(=O)O)c(F)cc1[N+](=O)[O-]. The Bertz CT molecular complexity index is 461. The van der Waals surface area contributed by atoms with E-state index >= 15 is 0 Å². The third-order valence-corrected chi connectivity index (χ3v) is 1.78. The van der Waals surface area contributed by atoms with Crippen molar-refractivity contribution in [2.24, 2.45) is 0 Å². The van der Waals surface area contributed by atoms with Gasteiger partial charge in [-0.25, -0.2) is 9.18 Å². The van der Waals surface area contributed by atoms with E-state index in [-0.39, 0.29) is 5.75 Å². The summed E-state index contributed by atoms with van der Waals surface area (Å²) in [6.07, 6.45) is 0. The smallest absolute Gasteiger partial charge is 0.341 e. The second-order valence-electron chi connectivity index (χ2n) is 2.89. The van der Waals surface area contributed by atoms with Crippen LogP contribution in [0.4, 0.5) is 10.1 Å². The van der Waals surface area contributed by atoms with Crippen LogP contribution in [0, 0.1) is 15.9 Å². The average molecular weight is 245 g/mol. The van der Waals surface area contributed by atoms with Crippen LogP contribution in [-0.2, 0) is 4.79 Å². The zero-order chi connectivity index (χ0) is 13.0. The van der Waals surface area contributed by atoms with Crippen LogP contribution >= 0.6 is 0 Å². The van der Waals surface area contributed by atoms with Crippen LogP contribution in [0.25, 0.3) is 0 Å². The molecule has 7 nitrogen and oxygen atoms in total. The number of aliphatic carboxylic acids is 1. The van der Waals surface area contributed by atoms with Crippen molar-refractivity contribution in [2.75, 3.05) is 13.7 Å². The minimum Gasteiger partial charge on any atom is -0.490 e. The molecule has 0 aliphatic heterocycles. The molecule has 0 radical (unpaired) electrons. The number of carboxylic acid groups (broad SMARTS) is 1. The molecule has 1 aromatic rings. The number of rotatable bonds is 5. The van der Waals surface area contributed by atoms with Crippen molar-refractivity contribution in [3.05, 3.63) is 28.1 Å². The Morgan fingerprint density at radius 1 is 1.53 bits per heavy atom. The molecule has 0 fully saturated rings. The fourth-order valence-corrected chi connectivity index (χ4v) is 1.08. The predicted molar refractivity (Wildman–Crippen MR) is 52.7 cm³/mol. The molecule has 1 rings (SSSR count). The summed E-state index contributed by atoms with van der Waals surface area (Å²) in [5, 5.41) is 18.9. The number of hydrogen-bond acceptors (Lipinski definition) is 5. The average Bonchev–Trinajstić information content (AvgIpc) is 2.26. The number of hydrogen-bond donors (Lipinski definition) is 1. The van der Waals surface area contributed by atoms with Crippen LogP contribution in [0.1, 0.15) is 0 Å². The lowest BCUT2D eigenvalue weighted by Gasteiger charge is -2.07. The lowest BCUT2D eigenvalue weighted by Crippen LogP contribution is -2.10. The second-order valence-corrected chi connectivity index (χ2v) is 2.89. The Labute approximate surface area is 94.5 Å². The minimum atomic E-state index is -1.29. The van der Waals surface area contributed by atoms with Crippen LogP contribution in [0.2, 0.25) is 0 Å². The van der Waals surface area contributed by atoms with Gasteiger partial charge < -0.3 is 14.6 Å². The zero-order valence-electron chi connectivity index (χ0n) is 8.68. The molecule has 0 amide bonds. The molecule has 0 aromatic heterocycles. The van der Waals surface area contributed by atoms with Gasteiger partial charge in [0.25, 0.3) is 0 Å². The molecule has 0 unspecified atom stereocenters. The fourth-order valence-electron chi connectivity index (χ4n) is 1.08. The summed E-state index contributed by atoms with van der Waals surface area (Å²) in [7, 11) is 1.17. The number of carbonyl (C=O) groups is 1. The molecule has 1 N–H and O–H groups in total. The highest BCUT2D eigenvalue weighted by Gasteiger charge is 2.20. The Hall–Kier alpha value is -2.38. The van der Waals surface area contributed by atoms with Gasteiger partial charge in [0.1, 0.15) is 0 Å². The largest absolute Gasteiger partial charge is 0.490 e. The first kappa shape index (κ1) is 12.7. The van der Waals surface area contributed by atoms with E-state index in [1.54, 1.807) is 0 Å². The molecular weight excluding hydrogens is 237 g/mol. The highest BCUT2D eigenvalue weighted by molar-refractivity contribution is 5.68. The number of nitro benzene ring substituents is 1. The molecule has 8 heteroatoms. The Kier molecular flexibility index (Phi) is 3.81. The highest BCUT2D eigenvalue weighted by Crippen LogP contribution is 2.33. The van der Waals surface area contributed by atoms with E-state index in [0.717, 1.165) is 6.07 Å². The highest BCUT2D eigenvalue weighted by atomic mass is 19.1. The van der Waals surface area contributed by atoms with Gasteiger partial charge in [-0.05, 0) is 0 Å². The van der Waals surface area contributed by atoms with E-state index in [4.69, 9.17) is 5.11 Å². The van der Waals surface area contributed by atoms with Gasteiger partial charge >= 0.3 is 11.7 Å². The molecule has 0 spiro atoms. The van der Waals surface area contributed by atoms with Crippen molar-refractivity contribution >= 4 is 11.7 Å². The number of benzene rings is 1. The van der Waals surface area contributed by atoms with Gasteiger partial charge in [0.15, 0.2) is 18.2 Å². The van der Waals surface area contributed by atoms with Gasteiger partial charge in [-0.2, -0.15) is 0 Å². The molecule has 0 saturated heterocycles. The monoisotopic (exact) mass is 245 g/mol. The lowest BCUT2D eigenvalue weighted by atomic mass is 10.2. The zero-order valence-corrected chi connectivity index (χ0v) is 8.68. The summed E-state index contributed by atoms with van der Waals surface area (Å²) in [6.45, 7) is -0.752. The molecule has 0 aliphatic rings. The number of nitro groups is 1. The summed E-state index contributed by atoms with van der Waals surface area (Å²) in [4.78, 5) is 19.9. The van der Waals surface area contributed by atoms with Gasteiger partial charge in [-0.3, -0.25) is 10.1 Å². The van der Waals surface area contributed by atoms with Crippen molar-refractivity contribution in [1.82, 2.24) is 0 Å². The molecule has 1 aromatic carbocycles. The minimum absolute atomic E-state index is 0.211. The fraction of sp³-hybridized carbons (Fsp3) is 0.222. The first-order chi connectivity index (χ1) is 7.95. The van der Waals surface area contributed by atoms with Crippen LogP contribution in [0.5, 0.6) is 11.5 Å². The van der Waals surface area contributed by atoms with E-state index < -0.39 is 34.8 Å². The van der Waals surface area contributed by atoms with Crippen LogP contribution in [-0.4, -0.2) is 29.7 Å². The number of ether oxygens (including phenoxy) is 2. The van der Waals surface area contributed by atoms with Crippen LogP contribution in [0.3, 0.4) is 0 Å². The van der Waals surface area contributed by atoms with Crippen molar-refractivity contribution in [3.63, 3.8) is 0 Å². The molecule has 0 heterocycles. The molecular formula is C9H8FNO6. The topological polar surface area (TPSA) is 98.9 Å². The van der Waals surface area contributed by atoms with Crippen molar-refractivity contribution in [3.8, 4) is 11.5 Å². The van der Waals surface area contributed by atoms with Gasteiger partial charge in [0.2, 0.25) is 5.75 Å².